The van der Waals surface area contributed by atoms with Crippen LogP contribution in [0, 0.1) is 12.7 Å². The average Bonchev–Trinajstić information content (AvgIpc) is 2.90. The lowest BCUT2D eigenvalue weighted by molar-refractivity contribution is -0.128. The number of morpholine rings is 1. The minimum Gasteiger partial charge on any atom is -0.366 e. The smallest absolute Gasteiger partial charge is 0.256 e. The fourth-order valence-corrected chi connectivity index (χ4v) is 3.37. The van der Waals surface area contributed by atoms with Crippen molar-refractivity contribution in [2.45, 2.75) is 19.4 Å². The summed E-state index contributed by atoms with van der Waals surface area (Å²) in [6.45, 7) is 3.64. The van der Waals surface area contributed by atoms with Crippen LogP contribution in [-0.2, 0) is 16.0 Å². The minimum atomic E-state index is -0.497. The number of hydrogen-bond donors (Lipinski definition) is 2. The van der Waals surface area contributed by atoms with E-state index in [0.29, 0.717) is 30.3 Å². The molecule has 1 amide bonds. The first-order valence-corrected chi connectivity index (χ1v) is 8.28. The summed E-state index contributed by atoms with van der Waals surface area (Å²) >= 11 is 1.37. The molecule has 0 radical (unpaired) electrons. The maximum Gasteiger partial charge on any atom is 0.256 e. The van der Waals surface area contributed by atoms with Crippen LogP contribution in [0.1, 0.15) is 16.1 Å². The van der Waals surface area contributed by atoms with Crippen molar-refractivity contribution in [3.63, 3.8) is 0 Å². The van der Waals surface area contributed by atoms with Gasteiger partial charge in [0.1, 0.15) is 11.9 Å². The van der Waals surface area contributed by atoms with Gasteiger partial charge in [0.15, 0.2) is 5.13 Å². The predicted molar refractivity (Wildman–Crippen MR) is 87.3 cm³/mol. The number of anilines is 1. The minimum absolute atomic E-state index is 0.205. The van der Waals surface area contributed by atoms with Gasteiger partial charge in [0.2, 0.25) is 0 Å². The lowest BCUT2D eigenvalue weighted by Gasteiger charge is -2.22. The summed E-state index contributed by atoms with van der Waals surface area (Å²) in [5.74, 6) is -0.434. The van der Waals surface area contributed by atoms with E-state index in [1.165, 1.54) is 17.4 Å². The summed E-state index contributed by atoms with van der Waals surface area (Å²) in [6, 6.07) is 6.68. The second kappa shape index (κ2) is 7.16. The Morgan fingerprint density at radius 1 is 1.52 bits per heavy atom. The number of nitrogens with one attached hydrogen (secondary N) is 2. The van der Waals surface area contributed by atoms with Gasteiger partial charge in [0, 0.05) is 24.4 Å². The third-order valence-electron chi connectivity index (χ3n) is 3.65. The fraction of sp³-hybridized carbons (Fsp3) is 0.375. The summed E-state index contributed by atoms with van der Waals surface area (Å²) in [5.41, 5.74) is 1.42. The van der Waals surface area contributed by atoms with Crippen molar-refractivity contribution in [3.05, 3.63) is 46.2 Å². The van der Waals surface area contributed by atoms with Gasteiger partial charge >= 0.3 is 0 Å². The Hall–Kier alpha value is -1.83. The molecule has 0 aliphatic carbocycles. The van der Waals surface area contributed by atoms with Crippen molar-refractivity contribution in [1.29, 1.82) is 0 Å². The van der Waals surface area contributed by atoms with Crippen LogP contribution in [0.25, 0.3) is 0 Å². The molecule has 1 fully saturated rings. The molecule has 122 valence electrons. The number of hydrogen-bond acceptors (Lipinski definition) is 5. The molecule has 0 bridgehead atoms. The molecular formula is C16H18FN3O2S. The second-order valence-electron chi connectivity index (χ2n) is 5.35. The van der Waals surface area contributed by atoms with Gasteiger partial charge in [0.05, 0.1) is 12.3 Å². The number of halogens is 1. The highest BCUT2D eigenvalue weighted by Crippen LogP contribution is 2.26. The van der Waals surface area contributed by atoms with Crippen LogP contribution >= 0.6 is 11.3 Å². The molecule has 0 saturated carbocycles. The SMILES string of the molecule is Cc1nc(NC(=O)C2CNCCO2)sc1Cc1ccccc1F. The number of thiazole rings is 1. The average molecular weight is 335 g/mol. The summed E-state index contributed by atoms with van der Waals surface area (Å²) < 4.78 is 19.2. The Morgan fingerprint density at radius 3 is 3.09 bits per heavy atom. The zero-order valence-corrected chi connectivity index (χ0v) is 13.6. The highest BCUT2D eigenvalue weighted by molar-refractivity contribution is 7.15. The van der Waals surface area contributed by atoms with Crippen molar-refractivity contribution < 1.29 is 13.9 Å². The fourth-order valence-electron chi connectivity index (χ4n) is 2.38. The van der Waals surface area contributed by atoms with Gasteiger partial charge in [-0.05, 0) is 18.6 Å². The Morgan fingerprint density at radius 2 is 2.35 bits per heavy atom. The molecule has 1 saturated heterocycles. The van der Waals surface area contributed by atoms with E-state index in [1.54, 1.807) is 12.1 Å². The van der Waals surface area contributed by atoms with E-state index in [9.17, 15) is 9.18 Å². The summed E-state index contributed by atoms with van der Waals surface area (Å²) in [4.78, 5) is 17.4. The van der Waals surface area contributed by atoms with E-state index >= 15 is 0 Å². The number of nitrogens with zero attached hydrogens (tertiary/aromatic N) is 1. The maximum absolute atomic E-state index is 13.8. The third-order valence-corrected chi connectivity index (χ3v) is 4.72. The summed E-state index contributed by atoms with van der Waals surface area (Å²) in [6.07, 6.45) is -0.0314. The van der Waals surface area contributed by atoms with Gasteiger partial charge < -0.3 is 10.1 Å². The van der Waals surface area contributed by atoms with Crippen molar-refractivity contribution in [3.8, 4) is 0 Å². The highest BCUT2D eigenvalue weighted by atomic mass is 32.1. The molecule has 1 aromatic carbocycles. The summed E-state index contributed by atoms with van der Waals surface area (Å²) in [7, 11) is 0. The van der Waals surface area contributed by atoms with Gasteiger partial charge in [-0.1, -0.05) is 18.2 Å². The maximum atomic E-state index is 13.8. The first-order chi connectivity index (χ1) is 11.1. The number of carbonyl (C=O) groups is 1. The van der Waals surface area contributed by atoms with E-state index in [0.717, 1.165) is 17.1 Å². The quantitative estimate of drug-likeness (QED) is 0.898. The first kappa shape index (κ1) is 16.0. The molecule has 2 N–H and O–H groups in total. The molecule has 1 atom stereocenters. The molecular weight excluding hydrogens is 317 g/mol. The van der Waals surface area contributed by atoms with Crippen LogP contribution in [0.5, 0.6) is 0 Å². The Balaban J connectivity index is 1.68. The van der Waals surface area contributed by atoms with E-state index < -0.39 is 6.10 Å². The highest BCUT2D eigenvalue weighted by Gasteiger charge is 2.23. The molecule has 1 aliphatic heterocycles. The monoisotopic (exact) mass is 335 g/mol. The Labute approximate surface area is 137 Å². The number of benzene rings is 1. The number of aryl methyl sites for hydroxylation is 1. The third kappa shape index (κ3) is 3.93. The van der Waals surface area contributed by atoms with E-state index in [1.807, 2.05) is 13.0 Å². The van der Waals surface area contributed by atoms with Crippen LogP contribution in [0.2, 0.25) is 0 Å². The van der Waals surface area contributed by atoms with Crippen molar-refractivity contribution in [1.82, 2.24) is 10.3 Å². The Kier molecular flexibility index (Phi) is 5.00. The molecule has 23 heavy (non-hydrogen) atoms. The van der Waals surface area contributed by atoms with E-state index in [2.05, 4.69) is 15.6 Å². The molecule has 3 rings (SSSR count). The zero-order chi connectivity index (χ0) is 16.2. The lowest BCUT2D eigenvalue weighted by atomic mass is 10.1. The number of carbonyl (C=O) groups excluding carboxylic acids is 1. The first-order valence-electron chi connectivity index (χ1n) is 7.46. The van der Waals surface area contributed by atoms with Crippen molar-refractivity contribution in [2.24, 2.45) is 0 Å². The topological polar surface area (TPSA) is 63.2 Å². The van der Waals surface area contributed by atoms with Gasteiger partial charge in [-0.2, -0.15) is 0 Å². The van der Waals surface area contributed by atoms with Gasteiger partial charge in [-0.25, -0.2) is 9.37 Å². The molecule has 7 heteroatoms. The van der Waals surface area contributed by atoms with Crippen LogP contribution in [0.4, 0.5) is 9.52 Å². The molecule has 2 heterocycles. The van der Waals surface area contributed by atoms with Crippen molar-refractivity contribution in [2.75, 3.05) is 25.0 Å². The number of amides is 1. The predicted octanol–water partition coefficient (Wildman–Crippen LogP) is 2.11. The van der Waals surface area contributed by atoms with Crippen LogP contribution in [0.15, 0.2) is 24.3 Å². The number of ether oxygens (including phenoxy) is 1. The van der Waals surface area contributed by atoms with E-state index in [-0.39, 0.29) is 11.7 Å². The van der Waals surface area contributed by atoms with Gasteiger partial charge in [-0.3, -0.25) is 10.1 Å². The Bertz CT molecular complexity index is 698. The molecule has 1 unspecified atom stereocenters. The molecule has 5 nitrogen and oxygen atoms in total. The van der Waals surface area contributed by atoms with Crippen LogP contribution < -0.4 is 10.6 Å². The summed E-state index contributed by atoms with van der Waals surface area (Å²) in [5, 5.41) is 6.42. The van der Waals surface area contributed by atoms with Crippen molar-refractivity contribution >= 4 is 22.4 Å². The standard InChI is InChI=1S/C16H18FN3O2S/c1-10-14(8-11-4-2-3-5-12(11)17)23-16(19-10)20-15(21)13-9-18-6-7-22-13/h2-5,13,18H,6-9H2,1H3,(H,19,20,21). The molecule has 0 spiro atoms. The van der Waals surface area contributed by atoms with Gasteiger partial charge in [0.25, 0.3) is 5.91 Å². The molecule has 2 aromatic rings. The molecule has 1 aromatic heterocycles. The number of aromatic nitrogens is 1. The zero-order valence-electron chi connectivity index (χ0n) is 12.8. The van der Waals surface area contributed by atoms with Gasteiger partial charge in [-0.15, -0.1) is 11.3 Å². The molecule has 1 aliphatic rings. The normalized spacial score (nSPS) is 17.9. The number of rotatable bonds is 4. The largest absolute Gasteiger partial charge is 0.366 e. The van der Waals surface area contributed by atoms with E-state index in [4.69, 9.17) is 4.74 Å². The lowest BCUT2D eigenvalue weighted by Crippen LogP contribution is -2.45. The van der Waals surface area contributed by atoms with Crippen LogP contribution in [-0.4, -0.2) is 36.7 Å². The second-order valence-corrected chi connectivity index (χ2v) is 6.43. The van der Waals surface area contributed by atoms with Crippen LogP contribution in [0.3, 0.4) is 0 Å².